The standard InChI is InChI=1S/C14H18O3/c1-10(15)9-14(16)17-12(3)11(2)13-7-5-4-6-8-13/h4-8,11-12H,9H2,1-3H3. The van der Waals surface area contributed by atoms with Crippen LogP contribution < -0.4 is 0 Å². The fourth-order valence-corrected chi connectivity index (χ4v) is 1.58. The molecular formula is C14H18O3. The van der Waals surface area contributed by atoms with Crippen molar-refractivity contribution in [3.05, 3.63) is 35.9 Å². The van der Waals surface area contributed by atoms with Gasteiger partial charge in [-0.05, 0) is 19.4 Å². The molecule has 0 saturated carbocycles. The maximum Gasteiger partial charge on any atom is 0.313 e. The van der Waals surface area contributed by atoms with Gasteiger partial charge >= 0.3 is 5.97 Å². The van der Waals surface area contributed by atoms with Gasteiger partial charge in [-0.15, -0.1) is 0 Å². The summed E-state index contributed by atoms with van der Waals surface area (Å²) in [5, 5.41) is 0. The van der Waals surface area contributed by atoms with Crippen LogP contribution in [0.2, 0.25) is 0 Å². The topological polar surface area (TPSA) is 43.4 Å². The maximum atomic E-state index is 11.4. The number of hydrogen-bond acceptors (Lipinski definition) is 3. The van der Waals surface area contributed by atoms with Crippen LogP contribution in [0.5, 0.6) is 0 Å². The smallest absolute Gasteiger partial charge is 0.313 e. The largest absolute Gasteiger partial charge is 0.462 e. The third-order valence-electron chi connectivity index (χ3n) is 2.74. The normalized spacial score (nSPS) is 13.8. The van der Waals surface area contributed by atoms with Gasteiger partial charge in [-0.2, -0.15) is 0 Å². The Labute approximate surface area is 102 Å². The SMILES string of the molecule is CC(=O)CC(=O)OC(C)C(C)c1ccccc1. The van der Waals surface area contributed by atoms with E-state index in [1.165, 1.54) is 6.92 Å². The highest BCUT2D eigenvalue weighted by molar-refractivity contribution is 5.94. The first-order chi connectivity index (χ1) is 8.00. The van der Waals surface area contributed by atoms with E-state index >= 15 is 0 Å². The lowest BCUT2D eigenvalue weighted by molar-refractivity contribution is -0.150. The highest BCUT2D eigenvalue weighted by atomic mass is 16.5. The molecule has 0 spiro atoms. The van der Waals surface area contributed by atoms with Crippen molar-refractivity contribution in [3.8, 4) is 0 Å². The predicted molar refractivity (Wildman–Crippen MR) is 65.7 cm³/mol. The Kier molecular flexibility index (Phi) is 4.88. The molecule has 0 heterocycles. The van der Waals surface area contributed by atoms with Gasteiger partial charge in [0.05, 0.1) is 0 Å². The van der Waals surface area contributed by atoms with Gasteiger partial charge in [0.2, 0.25) is 0 Å². The molecule has 2 atom stereocenters. The summed E-state index contributed by atoms with van der Waals surface area (Å²) in [5.74, 6) is -0.505. The fourth-order valence-electron chi connectivity index (χ4n) is 1.58. The molecule has 0 aromatic heterocycles. The van der Waals surface area contributed by atoms with Crippen molar-refractivity contribution in [2.75, 3.05) is 0 Å². The molecule has 1 rings (SSSR count). The van der Waals surface area contributed by atoms with E-state index in [1.807, 2.05) is 44.2 Å². The maximum absolute atomic E-state index is 11.4. The van der Waals surface area contributed by atoms with Gasteiger partial charge in [0, 0.05) is 5.92 Å². The number of carbonyl (C=O) groups is 2. The molecular weight excluding hydrogens is 216 g/mol. The van der Waals surface area contributed by atoms with E-state index in [-0.39, 0.29) is 24.2 Å². The Hall–Kier alpha value is -1.64. The van der Waals surface area contributed by atoms with Crippen LogP contribution in [0.25, 0.3) is 0 Å². The lowest BCUT2D eigenvalue weighted by atomic mass is 9.96. The van der Waals surface area contributed by atoms with Gasteiger partial charge in [0.25, 0.3) is 0 Å². The summed E-state index contributed by atoms with van der Waals surface area (Å²) in [6.07, 6.45) is -0.379. The molecule has 0 saturated heterocycles. The minimum Gasteiger partial charge on any atom is -0.462 e. The molecule has 0 aliphatic heterocycles. The van der Waals surface area contributed by atoms with Gasteiger partial charge in [-0.3, -0.25) is 9.59 Å². The van der Waals surface area contributed by atoms with Crippen molar-refractivity contribution in [1.82, 2.24) is 0 Å². The molecule has 0 fully saturated rings. The van der Waals surface area contributed by atoms with Crippen LogP contribution in [0.15, 0.2) is 30.3 Å². The average molecular weight is 234 g/mol. The fraction of sp³-hybridized carbons (Fsp3) is 0.429. The molecule has 3 nitrogen and oxygen atoms in total. The third-order valence-corrected chi connectivity index (χ3v) is 2.74. The number of benzene rings is 1. The third kappa shape index (κ3) is 4.39. The number of carbonyl (C=O) groups excluding carboxylic acids is 2. The lowest BCUT2D eigenvalue weighted by Gasteiger charge is -2.20. The van der Waals surface area contributed by atoms with Gasteiger partial charge in [0.1, 0.15) is 18.3 Å². The van der Waals surface area contributed by atoms with E-state index in [0.29, 0.717) is 0 Å². The molecule has 2 unspecified atom stereocenters. The van der Waals surface area contributed by atoms with E-state index in [9.17, 15) is 9.59 Å². The Morgan fingerprint density at radius 2 is 1.76 bits per heavy atom. The summed E-state index contributed by atoms with van der Waals surface area (Å²) >= 11 is 0. The molecule has 0 aliphatic rings. The summed E-state index contributed by atoms with van der Waals surface area (Å²) in [6, 6.07) is 9.86. The molecule has 1 aromatic rings. The first kappa shape index (κ1) is 13.4. The molecule has 0 N–H and O–H groups in total. The minimum atomic E-state index is -0.451. The molecule has 0 bridgehead atoms. The predicted octanol–water partition coefficient (Wildman–Crippen LogP) is 2.70. The molecule has 1 aromatic carbocycles. The Balaban J connectivity index is 2.56. The van der Waals surface area contributed by atoms with E-state index in [4.69, 9.17) is 4.74 Å². The van der Waals surface area contributed by atoms with E-state index < -0.39 is 5.97 Å². The summed E-state index contributed by atoms with van der Waals surface area (Å²) in [5.41, 5.74) is 1.12. The number of rotatable bonds is 5. The first-order valence-corrected chi connectivity index (χ1v) is 5.74. The number of ether oxygens (including phenoxy) is 1. The van der Waals surface area contributed by atoms with Crippen molar-refractivity contribution >= 4 is 11.8 Å². The highest BCUT2D eigenvalue weighted by Gasteiger charge is 2.18. The second kappa shape index (κ2) is 6.18. The molecule has 0 aliphatic carbocycles. The second-order valence-corrected chi connectivity index (χ2v) is 4.27. The summed E-state index contributed by atoms with van der Waals surface area (Å²) in [6.45, 7) is 5.23. The van der Waals surface area contributed by atoms with Crippen molar-refractivity contribution in [2.24, 2.45) is 0 Å². The Morgan fingerprint density at radius 1 is 1.18 bits per heavy atom. The van der Waals surface area contributed by atoms with Gasteiger partial charge in [0.15, 0.2) is 0 Å². The second-order valence-electron chi connectivity index (χ2n) is 4.27. The van der Waals surface area contributed by atoms with Crippen molar-refractivity contribution in [2.45, 2.75) is 39.2 Å². The van der Waals surface area contributed by atoms with Crippen molar-refractivity contribution in [3.63, 3.8) is 0 Å². The summed E-state index contributed by atoms with van der Waals surface area (Å²) in [7, 11) is 0. The number of ketones is 1. The van der Waals surface area contributed by atoms with Crippen molar-refractivity contribution in [1.29, 1.82) is 0 Å². The number of esters is 1. The van der Waals surface area contributed by atoms with Crippen LogP contribution in [-0.4, -0.2) is 17.9 Å². The van der Waals surface area contributed by atoms with Gasteiger partial charge in [-0.1, -0.05) is 37.3 Å². The quantitative estimate of drug-likeness (QED) is 0.581. The zero-order valence-corrected chi connectivity index (χ0v) is 10.5. The Morgan fingerprint density at radius 3 is 2.29 bits per heavy atom. The Bertz CT molecular complexity index is 384. The van der Waals surface area contributed by atoms with Crippen LogP contribution in [0.3, 0.4) is 0 Å². The summed E-state index contributed by atoms with van der Waals surface area (Å²) < 4.78 is 5.22. The first-order valence-electron chi connectivity index (χ1n) is 5.74. The number of hydrogen-bond donors (Lipinski definition) is 0. The van der Waals surface area contributed by atoms with Crippen LogP contribution in [0.1, 0.15) is 38.7 Å². The monoisotopic (exact) mass is 234 g/mol. The molecule has 92 valence electrons. The van der Waals surface area contributed by atoms with Crippen LogP contribution >= 0.6 is 0 Å². The molecule has 3 heteroatoms. The summed E-state index contributed by atoms with van der Waals surface area (Å²) in [4.78, 5) is 22.1. The molecule has 17 heavy (non-hydrogen) atoms. The van der Waals surface area contributed by atoms with E-state index in [0.717, 1.165) is 5.56 Å². The van der Waals surface area contributed by atoms with Gasteiger partial charge < -0.3 is 4.74 Å². The van der Waals surface area contributed by atoms with Crippen LogP contribution in [0, 0.1) is 0 Å². The van der Waals surface area contributed by atoms with E-state index in [2.05, 4.69) is 0 Å². The van der Waals surface area contributed by atoms with Crippen molar-refractivity contribution < 1.29 is 14.3 Å². The van der Waals surface area contributed by atoms with E-state index in [1.54, 1.807) is 0 Å². The zero-order valence-electron chi connectivity index (χ0n) is 10.5. The highest BCUT2D eigenvalue weighted by Crippen LogP contribution is 2.21. The zero-order chi connectivity index (χ0) is 12.8. The molecule has 0 radical (unpaired) electrons. The average Bonchev–Trinajstić information content (AvgIpc) is 2.28. The molecule has 0 amide bonds. The van der Waals surface area contributed by atoms with Gasteiger partial charge in [-0.25, -0.2) is 0 Å². The lowest BCUT2D eigenvalue weighted by Crippen LogP contribution is -2.22. The number of Topliss-reactive ketones (excluding diaryl/α,β-unsaturated/α-hetero) is 1. The minimum absolute atomic E-state index is 0.118. The van der Waals surface area contributed by atoms with Crippen LogP contribution in [-0.2, 0) is 14.3 Å². The van der Waals surface area contributed by atoms with Crippen LogP contribution in [0.4, 0.5) is 0 Å².